The molecule has 0 fully saturated rings. The third-order valence-electron chi connectivity index (χ3n) is 12.7. The maximum absolute atomic E-state index is 6.27. The highest BCUT2D eigenvalue weighted by Gasteiger charge is 2.37. The summed E-state index contributed by atoms with van der Waals surface area (Å²) in [6.07, 6.45) is 0. The first-order valence-corrected chi connectivity index (χ1v) is 19.7. The highest BCUT2D eigenvalue weighted by molar-refractivity contribution is 6.12. The van der Waals surface area contributed by atoms with E-state index >= 15 is 0 Å². The maximum atomic E-state index is 6.27. The van der Waals surface area contributed by atoms with Gasteiger partial charge in [-0.15, -0.1) is 0 Å². The summed E-state index contributed by atoms with van der Waals surface area (Å²) in [5, 5.41) is 2.29. The summed E-state index contributed by atoms with van der Waals surface area (Å²) in [6.45, 7) is 9.41. The quantitative estimate of drug-likeness (QED) is 0.176. The Morgan fingerprint density at radius 3 is 1.71 bits per heavy atom. The Hall–Kier alpha value is -6.64. The van der Waals surface area contributed by atoms with Gasteiger partial charge in [-0.3, -0.25) is 0 Å². The van der Waals surface area contributed by atoms with Crippen molar-refractivity contribution in [3.05, 3.63) is 198 Å². The third kappa shape index (κ3) is 4.69. The van der Waals surface area contributed by atoms with Crippen molar-refractivity contribution < 1.29 is 4.42 Å². The van der Waals surface area contributed by atoms with Gasteiger partial charge in [0, 0.05) is 38.5 Å². The lowest BCUT2D eigenvalue weighted by Gasteiger charge is -2.30. The average Bonchev–Trinajstić information content (AvgIpc) is 3.81. The molecule has 1 aromatic heterocycles. The summed E-state index contributed by atoms with van der Waals surface area (Å²) >= 11 is 0. The molecule has 56 heavy (non-hydrogen) atoms. The molecular weight excluding hydrogens is 679 g/mol. The van der Waals surface area contributed by atoms with Crippen molar-refractivity contribution in [3.63, 3.8) is 0 Å². The van der Waals surface area contributed by atoms with E-state index in [1.54, 1.807) is 0 Å². The Bertz CT molecular complexity index is 3030. The fraction of sp³-hybridized carbons (Fsp3) is 0.111. The molecule has 8 aromatic carbocycles. The lowest BCUT2D eigenvalue weighted by atomic mass is 9.82. The van der Waals surface area contributed by atoms with Crippen LogP contribution in [-0.4, -0.2) is 0 Å². The number of anilines is 3. The van der Waals surface area contributed by atoms with Crippen LogP contribution in [0.3, 0.4) is 0 Å². The molecule has 0 radical (unpaired) electrons. The molecule has 1 heterocycles. The number of nitrogens with zero attached hydrogens (tertiary/aromatic N) is 1. The van der Waals surface area contributed by atoms with Crippen molar-refractivity contribution in [1.82, 2.24) is 0 Å². The van der Waals surface area contributed by atoms with Crippen molar-refractivity contribution in [2.24, 2.45) is 0 Å². The lowest BCUT2D eigenvalue weighted by Crippen LogP contribution is -2.17. The van der Waals surface area contributed by atoms with E-state index in [4.69, 9.17) is 4.42 Å². The van der Waals surface area contributed by atoms with Gasteiger partial charge in [-0.05, 0) is 110 Å². The Labute approximate surface area is 328 Å². The fourth-order valence-electron chi connectivity index (χ4n) is 9.86. The number of rotatable bonds is 5. The summed E-state index contributed by atoms with van der Waals surface area (Å²) in [7, 11) is 0. The van der Waals surface area contributed by atoms with Gasteiger partial charge in [0.1, 0.15) is 11.2 Å². The maximum Gasteiger partial charge on any atom is 0.136 e. The zero-order chi connectivity index (χ0) is 37.8. The van der Waals surface area contributed by atoms with Gasteiger partial charge in [-0.1, -0.05) is 155 Å². The van der Waals surface area contributed by atoms with E-state index in [9.17, 15) is 0 Å². The molecule has 2 heteroatoms. The van der Waals surface area contributed by atoms with Gasteiger partial charge < -0.3 is 9.32 Å². The molecule has 0 saturated heterocycles. The van der Waals surface area contributed by atoms with Gasteiger partial charge in [-0.2, -0.15) is 0 Å². The van der Waals surface area contributed by atoms with Crippen molar-refractivity contribution in [2.45, 2.75) is 38.5 Å². The molecule has 0 unspecified atom stereocenters. The van der Waals surface area contributed by atoms with E-state index in [-0.39, 0.29) is 10.8 Å². The van der Waals surface area contributed by atoms with Gasteiger partial charge >= 0.3 is 0 Å². The van der Waals surface area contributed by atoms with Gasteiger partial charge in [-0.25, -0.2) is 0 Å². The van der Waals surface area contributed by atoms with Crippen molar-refractivity contribution in [1.29, 1.82) is 0 Å². The number of furan rings is 1. The molecule has 0 spiro atoms. The van der Waals surface area contributed by atoms with E-state index < -0.39 is 0 Å². The standard InChI is InChI=1S/C54H41NO/c1-53(2)46-20-10-6-16-41(46)44-32-35(26-31-47(44)53)38-14-7-11-21-49(38)55(37-29-30-42-40-15-5-9-19-45(40)54(3,4)48(42)33-37)36-27-24-34(25-28-36)39-18-13-23-51-52(39)43-17-8-12-22-50(43)56-51/h5-33H,1-4H3. The first kappa shape index (κ1) is 32.8. The van der Waals surface area contributed by atoms with Crippen molar-refractivity contribution in [3.8, 4) is 44.5 Å². The molecule has 2 aliphatic carbocycles. The van der Waals surface area contributed by atoms with Gasteiger partial charge in [0.2, 0.25) is 0 Å². The largest absolute Gasteiger partial charge is 0.456 e. The van der Waals surface area contributed by atoms with Crippen LogP contribution < -0.4 is 4.90 Å². The molecule has 11 rings (SSSR count). The molecule has 9 aromatic rings. The van der Waals surface area contributed by atoms with Crippen LogP contribution in [0, 0.1) is 0 Å². The van der Waals surface area contributed by atoms with Gasteiger partial charge in [0.15, 0.2) is 0 Å². The molecule has 0 saturated carbocycles. The van der Waals surface area contributed by atoms with Crippen LogP contribution in [0.2, 0.25) is 0 Å². The molecule has 0 amide bonds. The first-order chi connectivity index (χ1) is 27.3. The van der Waals surface area contributed by atoms with E-state index in [0.29, 0.717) is 0 Å². The van der Waals surface area contributed by atoms with Crippen LogP contribution in [0.15, 0.2) is 180 Å². The third-order valence-corrected chi connectivity index (χ3v) is 12.7. The molecular formula is C54H41NO. The Morgan fingerprint density at radius 1 is 0.375 bits per heavy atom. The Balaban J connectivity index is 1.09. The monoisotopic (exact) mass is 719 g/mol. The highest BCUT2D eigenvalue weighted by atomic mass is 16.3. The molecule has 0 atom stereocenters. The van der Waals surface area contributed by atoms with Crippen LogP contribution in [0.4, 0.5) is 17.1 Å². The van der Waals surface area contributed by atoms with Crippen LogP contribution in [-0.2, 0) is 10.8 Å². The second kappa shape index (κ2) is 11.9. The molecule has 268 valence electrons. The molecule has 0 aliphatic heterocycles. The van der Waals surface area contributed by atoms with E-state index in [2.05, 4.69) is 202 Å². The summed E-state index contributed by atoms with van der Waals surface area (Å²) in [5.74, 6) is 0. The van der Waals surface area contributed by atoms with Gasteiger partial charge in [0.05, 0.1) is 5.69 Å². The fourth-order valence-corrected chi connectivity index (χ4v) is 9.86. The number of fused-ring (bicyclic) bond motifs is 9. The second-order valence-corrected chi connectivity index (χ2v) is 16.5. The normalized spacial score (nSPS) is 14.4. The van der Waals surface area contributed by atoms with Crippen molar-refractivity contribution >= 4 is 39.0 Å². The van der Waals surface area contributed by atoms with Crippen LogP contribution in [0.5, 0.6) is 0 Å². The molecule has 2 nitrogen and oxygen atoms in total. The smallest absolute Gasteiger partial charge is 0.136 e. The number of para-hydroxylation sites is 2. The molecule has 0 N–H and O–H groups in total. The predicted molar refractivity (Wildman–Crippen MR) is 234 cm³/mol. The summed E-state index contributed by atoms with van der Waals surface area (Å²) in [5.41, 5.74) is 20.6. The Morgan fingerprint density at radius 2 is 0.929 bits per heavy atom. The summed E-state index contributed by atoms with van der Waals surface area (Å²) in [6, 6.07) is 64.6. The van der Waals surface area contributed by atoms with Crippen LogP contribution >= 0.6 is 0 Å². The highest BCUT2D eigenvalue weighted by Crippen LogP contribution is 2.53. The van der Waals surface area contributed by atoms with E-state index in [1.165, 1.54) is 61.2 Å². The van der Waals surface area contributed by atoms with E-state index in [1.807, 2.05) is 6.07 Å². The number of hydrogen-bond donors (Lipinski definition) is 0. The number of hydrogen-bond acceptors (Lipinski definition) is 2. The zero-order valence-corrected chi connectivity index (χ0v) is 32.1. The molecule has 0 bridgehead atoms. The molecule has 2 aliphatic rings. The Kier molecular flexibility index (Phi) is 6.98. The minimum Gasteiger partial charge on any atom is -0.456 e. The van der Waals surface area contributed by atoms with Crippen molar-refractivity contribution in [2.75, 3.05) is 4.90 Å². The average molecular weight is 720 g/mol. The zero-order valence-electron chi connectivity index (χ0n) is 32.1. The lowest BCUT2D eigenvalue weighted by molar-refractivity contribution is 0.660. The minimum atomic E-state index is -0.122. The van der Waals surface area contributed by atoms with Crippen LogP contribution in [0.1, 0.15) is 49.9 Å². The van der Waals surface area contributed by atoms with Gasteiger partial charge in [0.25, 0.3) is 0 Å². The van der Waals surface area contributed by atoms with Crippen LogP contribution in [0.25, 0.3) is 66.4 Å². The first-order valence-electron chi connectivity index (χ1n) is 19.7. The van der Waals surface area contributed by atoms with E-state index in [0.717, 1.165) is 44.6 Å². The predicted octanol–water partition coefficient (Wildman–Crippen LogP) is 15.0. The number of benzene rings is 8. The summed E-state index contributed by atoms with van der Waals surface area (Å²) in [4.78, 5) is 2.46. The minimum absolute atomic E-state index is 0.0420. The SMILES string of the molecule is CC1(C)c2ccccc2-c2cc(-c3ccccc3N(c3ccc(-c4cccc5oc6ccccc6c45)cc3)c3ccc4c(c3)C(C)(C)c3ccccc3-4)ccc21. The second-order valence-electron chi connectivity index (χ2n) is 16.5. The topological polar surface area (TPSA) is 16.4 Å². The summed E-state index contributed by atoms with van der Waals surface area (Å²) < 4.78 is 6.27.